The first-order valence-electron chi connectivity index (χ1n) is 6.51. The molecular formula is C16H15NO6. The summed E-state index contributed by atoms with van der Waals surface area (Å²) in [4.78, 5) is 15.1. The second kappa shape index (κ2) is 6.69. The number of nitrogens with zero attached hydrogens (tertiary/aromatic N) is 1. The van der Waals surface area contributed by atoms with E-state index in [1.54, 1.807) is 12.1 Å². The minimum atomic E-state index is -1.24. The van der Waals surface area contributed by atoms with Crippen molar-refractivity contribution in [3.8, 4) is 23.0 Å². The molecule has 3 N–H and O–H groups in total. The quantitative estimate of drug-likeness (QED) is 0.731. The summed E-state index contributed by atoms with van der Waals surface area (Å²) in [6, 6.07) is 7.10. The van der Waals surface area contributed by atoms with Crippen LogP contribution in [0, 0.1) is 0 Å². The second-order valence-electron chi connectivity index (χ2n) is 4.54. The lowest BCUT2D eigenvalue weighted by Crippen LogP contribution is -1.96. The highest BCUT2D eigenvalue weighted by Crippen LogP contribution is 2.36. The van der Waals surface area contributed by atoms with E-state index in [1.807, 2.05) is 0 Å². The van der Waals surface area contributed by atoms with Crippen LogP contribution < -0.4 is 9.47 Å². The summed E-state index contributed by atoms with van der Waals surface area (Å²) in [7, 11) is 2.82. The number of carbonyl (C=O) groups is 1. The van der Waals surface area contributed by atoms with E-state index in [0.717, 1.165) is 0 Å². The maximum atomic E-state index is 11.0. The third-order valence-electron chi connectivity index (χ3n) is 3.08. The van der Waals surface area contributed by atoms with Gasteiger partial charge in [0.15, 0.2) is 11.5 Å². The Morgan fingerprint density at radius 3 is 2.22 bits per heavy atom. The number of rotatable bonds is 5. The number of ether oxygens (including phenoxy) is 2. The van der Waals surface area contributed by atoms with Gasteiger partial charge in [0.1, 0.15) is 11.3 Å². The van der Waals surface area contributed by atoms with Gasteiger partial charge < -0.3 is 24.8 Å². The molecule has 0 unspecified atom stereocenters. The first-order chi connectivity index (χ1) is 11.0. The highest BCUT2D eigenvalue weighted by atomic mass is 16.5. The number of methoxy groups -OCH3 is 2. The van der Waals surface area contributed by atoms with Crippen molar-refractivity contribution in [3.05, 3.63) is 41.5 Å². The molecule has 0 saturated carbocycles. The van der Waals surface area contributed by atoms with E-state index in [1.165, 1.54) is 38.6 Å². The number of carboxylic acid groups (broad SMARTS) is 1. The minimum Gasteiger partial charge on any atom is -0.507 e. The first-order valence-corrected chi connectivity index (χ1v) is 6.51. The van der Waals surface area contributed by atoms with Crippen molar-refractivity contribution in [2.24, 2.45) is 4.99 Å². The number of aliphatic imine (C=N–C) groups is 1. The van der Waals surface area contributed by atoms with Crippen LogP contribution >= 0.6 is 0 Å². The molecule has 23 heavy (non-hydrogen) atoms. The van der Waals surface area contributed by atoms with Crippen LogP contribution in [0.2, 0.25) is 0 Å². The number of hydrogen-bond acceptors (Lipinski definition) is 6. The first kappa shape index (κ1) is 16.2. The van der Waals surface area contributed by atoms with Crippen LogP contribution in [0.25, 0.3) is 0 Å². The maximum absolute atomic E-state index is 11.0. The molecule has 0 aromatic heterocycles. The van der Waals surface area contributed by atoms with E-state index in [-0.39, 0.29) is 28.6 Å². The summed E-state index contributed by atoms with van der Waals surface area (Å²) in [5.74, 6) is -1.24. The van der Waals surface area contributed by atoms with Crippen LogP contribution in [0.5, 0.6) is 23.0 Å². The normalized spacial score (nSPS) is 10.7. The van der Waals surface area contributed by atoms with Gasteiger partial charge in [0.25, 0.3) is 0 Å². The molecule has 2 aromatic rings. The van der Waals surface area contributed by atoms with Gasteiger partial charge in [-0.1, -0.05) is 0 Å². The largest absolute Gasteiger partial charge is 0.507 e. The van der Waals surface area contributed by atoms with Crippen LogP contribution in [-0.2, 0) is 0 Å². The summed E-state index contributed by atoms with van der Waals surface area (Å²) in [5.41, 5.74) is 0.702. The molecule has 0 aliphatic heterocycles. The molecule has 0 bridgehead atoms. The second-order valence-corrected chi connectivity index (χ2v) is 4.54. The fourth-order valence-electron chi connectivity index (χ4n) is 1.91. The Morgan fingerprint density at radius 2 is 1.70 bits per heavy atom. The topological polar surface area (TPSA) is 109 Å². The summed E-state index contributed by atoms with van der Waals surface area (Å²) >= 11 is 0. The smallest absolute Gasteiger partial charge is 0.339 e. The van der Waals surface area contributed by atoms with Crippen molar-refractivity contribution >= 4 is 17.9 Å². The van der Waals surface area contributed by atoms with E-state index in [9.17, 15) is 15.0 Å². The molecule has 0 amide bonds. The Labute approximate surface area is 132 Å². The highest BCUT2D eigenvalue weighted by Gasteiger charge is 2.11. The molecule has 7 heteroatoms. The molecule has 0 radical (unpaired) electrons. The van der Waals surface area contributed by atoms with Crippen LogP contribution in [0.15, 0.2) is 35.3 Å². The van der Waals surface area contributed by atoms with Gasteiger partial charge in [0, 0.05) is 11.8 Å². The van der Waals surface area contributed by atoms with Crippen molar-refractivity contribution in [1.29, 1.82) is 0 Å². The Morgan fingerprint density at radius 1 is 1.09 bits per heavy atom. The standard InChI is InChI=1S/C16H15NO6/c1-22-13-5-9(6-14(23-2)15(13)19)8-17-10-3-4-12(18)11(7-10)16(20)21/h3-8,18-19H,1-2H3,(H,20,21). The number of phenolic OH excluding ortho intramolecular Hbond substituents is 1. The number of benzene rings is 2. The Bertz CT molecular complexity index is 744. The average Bonchev–Trinajstić information content (AvgIpc) is 2.54. The Balaban J connectivity index is 2.37. The van der Waals surface area contributed by atoms with Gasteiger partial charge >= 0.3 is 5.97 Å². The highest BCUT2D eigenvalue weighted by molar-refractivity contribution is 5.92. The fraction of sp³-hybridized carbons (Fsp3) is 0.125. The van der Waals surface area contributed by atoms with Crippen molar-refractivity contribution in [3.63, 3.8) is 0 Å². The number of carboxylic acids is 1. The van der Waals surface area contributed by atoms with E-state index in [2.05, 4.69) is 4.99 Å². The molecule has 0 saturated heterocycles. The van der Waals surface area contributed by atoms with Gasteiger partial charge in [-0.05, 0) is 30.3 Å². The molecule has 2 aromatic carbocycles. The summed E-state index contributed by atoms with van der Waals surface area (Å²) < 4.78 is 10.1. The lowest BCUT2D eigenvalue weighted by Gasteiger charge is -2.09. The molecule has 0 heterocycles. The molecular weight excluding hydrogens is 302 g/mol. The van der Waals surface area contributed by atoms with Crippen molar-refractivity contribution in [1.82, 2.24) is 0 Å². The lowest BCUT2D eigenvalue weighted by atomic mass is 10.1. The van der Waals surface area contributed by atoms with Crippen molar-refractivity contribution in [2.45, 2.75) is 0 Å². The molecule has 0 spiro atoms. The number of aromatic carboxylic acids is 1. The SMILES string of the molecule is COc1cc(C=Nc2ccc(O)c(C(=O)O)c2)cc(OC)c1O. The monoisotopic (exact) mass is 317 g/mol. The third kappa shape index (κ3) is 3.52. The van der Waals surface area contributed by atoms with Gasteiger partial charge in [-0.15, -0.1) is 0 Å². The summed E-state index contributed by atoms with van der Waals surface area (Å²) in [5, 5.41) is 28.3. The predicted octanol–water partition coefficient (Wildman–Crippen LogP) is 2.56. The van der Waals surface area contributed by atoms with Gasteiger partial charge in [0.05, 0.1) is 19.9 Å². The molecule has 7 nitrogen and oxygen atoms in total. The van der Waals surface area contributed by atoms with Crippen LogP contribution in [-0.4, -0.2) is 41.7 Å². The zero-order chi connectivity index (χ0) is 17.0. The Kier molecular flexibility index (Phi) is 4.70. The van der Waals surface area contributed by atoms with Gasteiger partial charge in [0.2, 0.25) is 5.75 Å². The zero-order valence-corrected chi connectivity index (χ0v) is 12.5. The fourth-order valence-corrected chi connectivity index (χ4v) is 1.91. The molecule has 0 aliphatic carbocycles. The molecule has 0 fully saturated rings. The van der Waals surface area contributed by atoms with Crippen LogP contribution in [0.4, 0.5) is 5.69 Å². The Hall–Kier alpha value is -3.22. The molecule has 0 aliphatic rings. The molecule has 2 rings (SSSR count). The number of hydrogen-bond donors (Lipinski definition) is 3. The van der Waals surface area contributed by atoms with Crippen molar-refractivity contribution < 1.29 is 29.6 Å². The van der Waals surface area contributed by atoms with E-state index in [0.29, 0.717) is 11.3 Å². The summed E-state index contributed by atoms with van der Waals surface area (Å²) in [6.07, 6.45) is 1.46. The van der Waals surface area contributed by atoms with E-state index in [4.69, 9.17) is 14.6 Å². The van der Waals surface area contributed by atoms with Gasteiger partial charge in [-0.3, -0.25) is 4.99 Å². The number of aromatic hydroxyl groups is 2. The maximum Gasteiger partial charge on any atom is 0.339 e. The number of phenols is 2. The van der Waals surface area contributed by atoms with E-state index < -0.39 is 5.97 Å². The van der Waals surface area contributed by atoms with Crippen LogP contribution in [0.1, 0.15) is 15.9 Å². The van der Waals surface area contributed by atoms with Crippen molar-refractivity contribution in [2.75, 3.05) is 14.2 Å². The van der Waals surface area contributed by atoms with Crippen LogP contribution in [0.3, 0.4) is 0 Å². The lowest BCUT2D eigenvalue weighted by molar-refractivity contribution is 0.0694. The van der Waals surface area contributed by atoms with Gasteiger partial charge in [-0.25, -0.2) is 4.79 Å². The summed E-state index contributed by atoms with van der Waals surface area (Å²) in [6.45, 7) is 0. The molecule has 0 atom stereocenters. The average molecular weight is 317 g/mol. The molecule has 120 valence electrons. The van der Waals surface area contributed by atoms with Gasteiger partial charge in [-0.2, -0.15) is 0 Å². The predicted molar refractivity (Wildman–Crippen MR) is 83.5 cm³/mol. The zero-order valence-electron chi connectivity index (χ0n) is 12.5. The third-order valence-corrected chi connectivity index (χ3v) is 3.08. The minimum absolute atomic E-state index is 0.120. The van der Waals surface area contributed by atoms with E-state index >= 15 is 0 Å².